The van der Waals surface area contributed by atoms with Crippen LogP contribution in [0.15, 0.2) is 12.4 Å². The Bertz CT molecular complexity index is 481. The van der Waals surface area contributed by atoms with Gasteiger partial charge in [0.05, 0.1) is 0 Å². The predicted molar refractivity (Wildman–Crippen MR) is 94.2 cm³/mol. The second-order valence-electron chi connectivity index (χ2n) is 7.70. The molecule has 23 heavy (non-hydrogen) atoms. The highest BCUT2D eigenvalue weighted by atomic mass is 15.2. The van der Waals surface area contributed by atoms with Crippen LogP contribution in [0.25, 0.3) is 0 Å². The van der Waals surface area contributed by atoms with Crippen molar-refractivity contribution in [3.63, 3.8) is 0 Å². The molecule has 0 spiro atoms. The maximum absolute atomic E-state index is 4.45. The lowest BCUT2D eigenvalue weighted by atomic mass is 10.0. The van der Waals surface area contributed by atoms with Gasteiger partial charge in [0.15, 0.2) is 0 Å². The smallest absolute Gasteiger partial charge is 0.127 e. The van der Waals surface area contributed by atoms with Crippen LogP contribution in [0.1, 0.15) is 51.4 Å². The summed E-state index contributed by atoms with van der Waals surface area (Å²) in [6.07, 6.45) is 9.13. The molecule has 4 nitrogen and oxygen atoms in total. The molecule has 0 N–H and O–H groups in total. The van der Waals surface area contributed by atoms with Crippen molar-refractivity contribution in [3.05, 3.63) is 23.8 Å². The van der Waals surface area contributed by atoms with E-state index in [1.807, 2.05) is 12.4 Å². The molecule has 0 amide bonds. The Labute approximate surface area is 141 Å². The van der Waals surface area contributed by atoms with Gasteiger partial charge in [-0.15, -0.1) is 0 Å². The van der Waals surface area contributed by atoms with Crippen molar-refractivity contribution in [2.45, 2.75) is 59.0 Å². The van der Waals surface area contributed by atoms with Gasteiger partial charge >= 0.3 is 0 Å². The Balaban J connectivity index is 1.62. The molecule has 0 bridgehead atoms. The van der Waals surface area contributed by atoms with Gasteiger partial charge in [-0.3, -0.25) is 9.80 Å². The summed E-state index contributed by atoms with van der Waals surface area (Å²) in [6.45, 7) is 12.8. The Kier molecular flexibility index (Phi) is 5.65. The second-order valence-corrected chi connectivity index (χ2v) is 7.70. The summed E-state index contributed by atoms with van der Waals surface area (Å²) in [5.74, 6) is 2.64. The van der Waals surface area contributed by atoms with Gasteiger partial charge in [-0.25, -0.2) is 9.97 Å². The first-order chi connectivity index (χ1) is 11.2. The molecule has 1 saturated carbocycles. The zero-order valence-corrected chi connectivity index (χ0v) is 15.0. The van der Waals surface area contributed by atoms with E-state index in [9.17, 15) is 0 Å². The molecule has 128 valence electrons. The maximum atomic E-state index is 4.45. The largest absolute Gasteiger partial charge is 0.299 e. The molecule has 2 aliphatic rings. The molecule has 1 aliphatic carbocycles. The van der Waals surface area contributed by atoms with Gasteiger partial charge in [-0.2, -0.15) is 0 Å². The highest BCUT2D eigenvalue weighted by Crippen LogP contribution is 2.32. The third-order valence-corrected chi connectivity index (χ3v) is 5.27. The van der Waals surface area contributed by atoms with Crippen LogP contribution in [0, 0.1) is 11.8 Å². The third-order valence-electron chi connectivity index (χ3n) is 5.27. The van der Waals surface area contributed by atoms with Crippen LogP contribution < -0.4 is 0 Å². The second kappa shape index (κ2) is 7.71. The number of aryl methyl sites for hydroxylation is 1. The highest BCUT2D eigenvalue weighted by Gasteiger charge is 2.32. The third kappa shape index (κ3) is 4.74. The van der Waals surface area contributed by atoms with Gasteiger partial charge in [0, 0.05) is 50.1 Å². The molecule has 4 heteroatoms. The molecular formula is C19H32N4. The molecule has 2 fully saturated rings. The summed E-state index contributed by atoms with van der Waals surface area (Å²) in [6, 6.07) is 0.689. The molecule has 0 aromatic carbocycles. The predicted octanol–water partition coefficient (Wildman–Crippen LogP) is 2.98. The summed E-state index contributed by atoms with van der Waals surface area (Å²) in [7, 11) is 0. The first-order valence-corrected chi connectivity index (χ1v) is 9.42. The monoisotopic (exact) mass is 316 g/mol. The first kappa shape index (κ1) is 16.8. The van der Waals surface area contributed by atoms with Gasteiger partial charge < -0.3 is 0 Å². The summed E-state index contributed by atoms with van der Waals surface area (Å²) in [5.41, 5.74) is 1.25. The Morgan fingerprint density at radius 2 is 1.91 bits per heavy atom. The summed E-state index contributed by atoms with van der Waals surface area (Å²) < 4.78 is 0. The molecule has 1 atom stereocenters. The van der Waals surface area contributed by atoms with Crippen LogP contribution in [0.4, 0.5) is 0 Å². The fraction of sp³-hybridized carbons (Fsp3) is 0.789. The topological polar surface area (TPSA) is 32.3 Å². The van der Waals surface area contributed by atoms with Crippen molar-refractivity contribution in [2.24, 2.45) is 11.8 Å². The van der Waals surface area contributed by atoms with Crippen LogP contribution in [-0.4, -0.2) is 52.0 Å². The number of hydrogen-bond donors (Lipinski definition) is 0. The lowest BCUT2D eigenvalue weighted by Crippen LogP contribution is -2.45. The molecular weight excluding hydrogens is 284 g/mol. The number of hydrogen-bond acceptors (Lipinski definition) is 4. The molecule has 2 heterocycles. The zero-order valence-electron chi connectivity index (χ0n) is 15.0. The van der Waals surface area contributed by atoms with Crippen molar-refractivity contribution >= 4 is 0 Å². The minimum atomic E-state index is 0.689. The minimum absolute atomic E-state index is 0.689. The van der Waals surface area contributed by atoms with Crippen molar-refractivity contribution in [2.75, 3.05) is 26.2 Å². The molecule has 1 aromatic rings. The quantitative estimate of drug-likeness (QED) is 0.807. The SMILES string of the molecule is CCc1ncc(CN2CCCN(CC3CC3)[C@H](C(C)C)C2)cn1. The van der Waals surface area contributed by atoms with Crippen molar-refractivity contribution in [1.82, 2.24) is 19.8 Å². The van der Waals surface area contributed by atoms with Crippen molar-refractivity contribution in [1.29, 1.82) is 0 Å². The summed E-state index contributed by atoms with van der Waals surface area (Å²) in [4.78, 5) is 14.3. The molecule has 3 rings (SSSR count). The van der Waals surface area contributed by atoms with E-state index in [0.29, 0.717) is 12.0 Å². The van der Waals surface area contributed by atoms with E-state index in [1.54, 1.807) is 0 Å². The average Bonchev–Trinajstić information content (AvgIpc) is 3.37. The fourth-order valence-corrected chi connectivity index (χ4v) is 3.67. The normalized spacial score (nSPS) is 24.1. The first-order valence-electron chi connectivity index (χ1n) is 9.42. The molecule has 0 unspecified atom stereocenters. The van der Waals surface area contributed by atoms with E-state index >= 15 is 0 Å². The number of nitrogens with zero attached hydrogens (tertiary/aromatic N) is 4. The molecule has 1 aromatic heterocycles. The molecule has 0 radical (unpaired) electrons. The Morgan fingerprint density at radius 3 is 2.52 bits per heavy atom. The van der Waals surface area contributed by atoms with Crippen LogP contribution in [0.2, 0.25) is 0 Å². The standard InChI is InChI=1S/C19H32N4/c1-4-19-20-10-17(11-21-19)12-22-8-5-9-23(13-16-6-7-16)18(14-22)15(2)3/h10-11,15-16,18H,4-9,12-14H2,1-3H3/t18-/m0/s1. The van der Waals surface area contributed by atoms with E-state index in [2.05, 4.69) is 40.5 Å². The van der Waals surface area contributed by atoms with E-state index in [4.69, 9.17) is 0 Å². The number of aromatic nitrogens is 2. The average molecular weight is 316 g/mol. The minimum Gasteiger partial charge on any atom is -0.299 e. The highest BCUT2D eigenvalue weighted by molar-refractivity contribution is 5.05. The maximum Gasteiger partial charge on any atom is 0.127 e. The van der Waals surface area contributed by atoms with Crippen LogP contribution in [0.3, 0.4) is 0 Å². The fourth-order valence-electron chi connectivity index (χ4n) is 3.67. The lowest BCUT2D eigenvalue weighted by Gasteiger charge is -2.34. The van der Waals surface area contributed by atoms with Gasteiger partial charge in [-0.05, 0) is 44.2 Å². The van der Waals surface area contributed by atoms with Gasteiger partial charge in [0.1, 0.15) is 5.82 Å². The molecule has 1 saturated heterocycles. The lowest BCUT2D eigenvalue weighted by molar-refractivity contribution is 0.131. The van der Waals surface area contributed by atoms with E-state index in [1.165, 1.54) is 51.0 Å². The van der Waals surface area contributed by atoms with Crippen LogP contribution in [0.5, 0.6) is 0 Å². The van der Waals surface area contributed by atoms with E-state index in [-0.39, 0.29) is 0 Å². The zero-order chi connectivity index (χ0) is 16.2. The van der Waals surface area contributed by atoms with Gasteiger partial charge in [0.25, 0.3) is 0 Å². The van der Waals surface area contributed by atoms with E-state index in [0.717, 1.165) is 24.7 Å². The molecule has 1 aliphatic heterocycles. The van der Waals surface area contributed by atoms with E-state index < -0.39 is 0 Å². The van der Waals surface area contributed by atoms with Crippen LogP contribution >= 0.6 is 0 Å². The van der Waals surface area contributed by atoms with Crippen molar-refractivity contribution in [3.8, 4) is 0 Å². The van der Waals surface area contributed by atoms with Crippen molar-refractivity contribution < 1.29 is 0 Å². The summed E-state index contributed by atoms with van der Waals surface area (Å²) in [5, 5.41) is 0. The van der Waals surface area contributed by atoms with Gasteiger partial charge in [0.2, 0.25) is 0 Å². The number of rotatable bonds is 6. The van der Waals surface area contributed by atoms with Gasteiger partial charge in [-0.1, -0.05) is 20.8 Å². The van der Waals surface area contributed by atoms with Crippen LogP contribution in [-0.2, 0) is 13.0 Å². The Hall–Kier alpha value is -1.00. The summed E-state index contributed by atoms with van der Waals surface area (Å²) >= 11 is 0. The Morgan fingerprint density at radius 1 is 1.17 bits per heavy atom.